The number of rotatable bonds is 2. The van der Waals surface area contributed by atoms with Gasteiger partial charge in [-0.25, -0.2) is 0 Å². The minimum absolute atomic E-state index is 0.0939. The lowest BCUT2D eigenvalue weighted by Gasteiger charge is -2.35. The van der Waals surface area contributed by atoms with E-state index >= 15 is 0 Å². The maximum Gasteiger partial charge on any atom is 0.0684 e. The van der Waals surface area contributed by atoms with Crippen molar-refractivity contribution in [1.29, 1.82) is 0 Å². The van der Waals surface area contributed by atoms with E-state index in [9.17, 15) is 5.11 Å². The quantitative estimate of drug-likeness (QED) is 0.758. The van der Waals surface area contributed by atoms with Gasteiger partial charge >= 0.3 is 0 Å². The predicted octanol–water partition coefficient (Wildman–Crippen LogP) is 2.41. The lowest BCUT2D eigenvalue weighted by Crippen LogP contribution is -2.41. The van der Waals surface area contributed by atoms with Crippen molar-refractivity contribution in [2.75, 3.05) is 13.1 Å². The van der Waals surface area contributed by atoms with Crippen LogP contribution in [0.2, 0.25) is 0 Å². The third-order valence-electron chi connectivity index (χ3n) is 4.23. The van der Waals surface area contributed by atoms with Crippen molar-refractivity contribution in [2.24, 2.45) is 5.92 Å². The fraction of sp³-hybridized carbons (Fsp3) is 1.00. The molecule has 0 amide bonds. The maximum atomic E-state index is 9.72. The molecule has 0 aromatic carbocycles. The third kappa shape index (κ3) is 2.73. The summed E-state index contributed by atoms with van der Waals surface area (Å²) in [6.45, 7) is 6.64. The van der Waals surface area contributed by atoms with Crippen LogP contribution in [-0.4, -0.2) is 34.7 Å². The highest BCUT2D eigenvalue weighted by Gasteiger charge is 2.38. The maximum absolute atomic E-state index is 9.72. The predicted molar refractivity (Wildman–Crippen MR) is 62.9 cm³/mol. The number of aliphatic hydroxyl groups is 1. The molecule has 2 rings (SSSR count). The van der Waals surface area contributed by atoms with E-state index in [-0.39, 0.29) is 11.6 Å². The minimum atomic E-state index is -0.0939. The standard InChI is InChI=1S/C13H25NO/c1-13(2)8-12(15)10-14(13)9-11-6-4-3-5-7-11/h11-12,15H,3-10H2,1-2H3. The van der Waals surface area contributed by atoms with Crippen molar-refractivity contribution in [3.8, 4) is 0 Å². The Hall–Kier alpha value is -0.0800. The number of hydrogen-bond donors (Lipinski definition) is 1. The second kappa shape index (κ2) is 4.42. The topological polar surface area (TPSA) is 23.5 Å². The van der Waals surface area contributed by atoms with Crippen LogP contribution in [0.15, 0.2) is 0 Å². The summed E-state index contributed by atoms with van der Waals surface area (Å²) in [6.07, 6.45) is 7.93. The zero-order chi connectivity index (χ0) is 10.9. The van der Waals surface area contributed by atoms with Gasteiger partial charge in [0, 0.05) is 18.6 Å². The second-order valence-corrected chi connectivity index (χ2v) is 6.08. The molecule has 0 radical (unpaired) electrons. The van der Waals surface area contributed by atoms with Crippen LogP contribution in [0.5, 0.6) is 0 Å². The molecule has 1 heterocycles. The Morgan fingerprint density at radius 1 is 1.20 bits per heavy atom. The summed E-state index contributed by atoms with van der Waals surface area (Å²) >= 11 is 0. The normalized spacial score (nSPS) is 33.4. The van der Waals surface area contributed by atoms with Gasteiger partial charge in [0.05, 0.1) is 6.10 Å². The molecule has 88 valence electrons. The number of nitrogens with zero attached hydrogens (tertiary/aromatic N) is 1. The van der Waals surface area contributed by atoms with Crippen LogP contribution in [0.4, 0.5) is 0 Å². The van der Waals surface area contributed by atoms with Crippen LogP contribution in [0, 0.1) is 5.92 Å². The molecule has 0 aromatic rings. The Bertz CT molecular complexity index is 209. The van der Waals surface area contributed by atoms with Crippen molar-refractivity contribution in [2.45, 2.75) is 64.0 Å². The Labute approximate surface area is 93.7 Å². The molecule has 2 heteroatoms. The second-order valence-electron chi connectivity index (χ2n) is 6.08. The van der Waals surface area contributed by atoms with Gasteiger partial charge in [-0.2, -0.15) is 0 Å². The monoisotopic (exact) mass is 211 g/mol. The lowest BCUT2D eigenvalue weighted by atomic mass is 9.88. The number of likely N-dealkylation sites (tertiary alicyclic amines) is 1. The van der Waals surface area contributed by atoms with Gasteiger partial charge in [0.25, 0.3) is 0 Å². The summed E-state index contributed by atoms with van der Waals surface area (Å²) in [4.78, 5) is 2.51. The average Bonchev–Trinajstić information content (AvgIpc) is 2.41. The SMILES string of the molecule is CC1(C)CC(O)CN1CC1CCCCC1. The van der Waals surface area contributed by atoms with Crippen molar-refractivity contribution in [1.82, 2.24) is 4.90 Å². The highest BCUT2D eigenvalue weighted by molar-refractivity contribution is 4.93. The molecule has 0 spiro atoms. The molecule has 1 saturated heterocycles. The Morgan fingerprint density at radius 2 is 1.87 bits per heavy atom. The van der Waals surface area contributed by atoms with Crippen LogP contribution in [0.3, 0.4) is 0 Å². The molecular weight excluding hydrogens is 186 g/mol. The first-order valence-corrected chi connectivity index (χ1v) is 6.51. The number of aliphatic hydroxyl groups excluding tert-OH is 1. The van der Waals surface area contributed by atoms with E-state index in [0.29, 0.717) is 0 Å². The largest absolute Gasteiger partial charge is 0.392 e. The van der Waals surface area contributed by atoms with E-state index in [1.54, 1.807) is 0 Å². The fourth-order valence-corrected chi connectivity index (χ4v) is 3.27. The van der Waals surface area contributed by atoms with Crippen molar-refractivity contribution in [3.63, 3.8) is 0 Å². The van der Waals surface area contributed by atoms with E-state index in [1.165, 1.54) is 38.6 Å². The summed E-state index contributed by atoms with van der Waals surface area (Å²) in [5.74, 6) is 0.892. The van der Waals surface area contributed by atoms with Gasteiger partial charge in [0.1, 0.15) is 0 Å². The summed E-state index contributed by atoms with van der Waals surface area (Å²) in [6, 6.07) is 0. The van der Waals surface area contributed by atoms with Crippen LogP contribution >= 0.6 is 0 Å². The molecule has 1 saturated carbocycles. The summed E-state index contributed by atoms with van der Waals surface area (Å²) in [5, 5.41) is 9.72. The third-order valence-corrected chi connectivity index (χ3v) is 4.23. The van der Waals surface area contributed by atoms with Gasteiger partial charge < -0.3 is 5.11 Å². The average molecular weight is 211 g/mol. The summed E-state index contributed by atoms with van der Waals surface area (Å²) in [7, 11) is 0. The molecular formula is C13H25NO. The fourth-order valence-electron chi connectivity index (χ4n) is 3.27. The van der Waals surface area contributed by atoms with E-state index in [0.717, 1.165) is 18.9 Å². The molecule has 2 fully saturated rings. The van der Waals surface area contributed by atoms with Crippen molar-refractivity contribution in [3.05, 3.63) is 0 Å². The molecule has 1 atom stereocenters. The van der Waals surface area contributed by atoms with Gasteiger partial charge in [-0.15, -0.1) is 0 Å². The van der Waals surface area contributed by atoms with Gasteiger partial charge in [-0.1, -0.05) is 19.3 Å². The summed E-state index contributed by atoms with van der Waals surface area (Å²) < 4.78 is 0. The van der Waals surface area contributed by atoms with Crippen LogP contribution in [0.1, 0.15) is 52.4 Å². The molecule has 0 aromatic heterocycles. The smallest absolute Gasteiger partial charge is 0.0684 e. The van der Waals surface area contributed by atoms with Gasteiger partial charge in [0.2, 0.25) is 0 Å². The number of β-amino-alcohol motifs (C(OH)–C–C–N with tert-alkyl or cyclic N) is 1. The Balaban J connectivity index is 1.87. The van der Waals surface area contributed by atoms with Crippen LogP contribution in [-0.2, 0) is 0 Å². The first kappa shape index (κ1) is 11.4. The molecule has 1 aliphatic carbocycles. The van der Waals surface area contributed by atoms with Crippen molar-refractivity contribution < 1.29 is 5.11 Å². The molecule has 2 aliphatic rings. The molecule has 1 unspecified atom stereocenters. The van der Waals surface area contributed by atoms with E-state index in [2.05, 4.69) is 18.7 Å². The van der Waals surface area contributed by atoms with Gasteiger partial charge in [-0.3, -0.25) is 4.90 Å². The molecule has 1 aliphatic heterocycles. The van der Waals surface area contributed by atoms with Crippen LogP contribution in [0.25, 0.3) is 0 Å². The first-order valence-electron chi connectivity index (χ1n) is 6.51. The van der Waals surface area contributed by atoms with E-state index in [4.69, 9.17) is 0 Å². The molecule has 1 N–H and O–H groups in total. The zero-order valence-electron chi connectivity index (χ0n) is 10.2. The Kier molecular flexibility index (Phi) is 3.36. The van der Waals surface area contributed by atoms with Gasteiger partial charge in [0.15, 0.2) is 0 Å². The molecule has 0 bridgehead atoms. The zero-order valence-corrected chi connectivity index (χ0v) is 10.2. The molecule has 2 nitrogen and oxygen atoms in total. The minimum Gasteiger partial charge on any atom is -0.392 e. The first-order chi connectivity index (χ1) is 7.08. The van der Waals surface area contributed by atoms with Gasteiger partial charge in [-0.05, 0) is 39.0 Å². The van der Waals surface area contributed by atoms with Crippen LogP contribution < -0.4 is 0 Å². The summed E-state index contributed by atoms with van der Waals surface area (Å²) in [5.41, 5.74) is 0.219. The molecule has 15 heavy (non-hydrogen) atoms. The van der Waals surface area contributed by atoms with E-state index < -0.39 is 0 Å². The number of hydrogen-bond acceptors (Lipinski definition) is 2. The highest BCUT2D eigenvalue weighted by atomic mass is 16.3. The Morgan fingerprint density at radius 3 is 2.40 bits per heavy atom. The highest BCUT2D eigenvalue weighted by Crippen LogP contribution is 2.32. The van der Waals surface area contributed by atoms with Crippen molar-refractivity contribution >= 4 is 0 Å². The van der Waals surface area contributed by atoms with E-state index in [1.807, 2.05) is 0 Å². The lowest BCUT2D eigenvalue weighted by molar-refractivity contribution is 0.127.